The van der Waals surface area contributed by atoms with Crippen LogP contribution in [-0.4, -0.2) is 20.4 Å². The molecule has 29 heavy (non-hydrogen) atoms. The molecule has 0 aliphatic heterocycles. The largest absolute Gasteiger partial charge is 0.325 e. The van der Waals surface area contributed by atoms with E-state index >= 15 is 0 Å². The van der Waals surface area contributed by atoms with Gasteiger partial charge in [-0.15, -0.1) is 0 Å². The summed E-state index contributed by atoms with van der Waals surface area (Å²) in [5, 5.41) is 2.78. The van der Waals surface area contributed by atoms with Crippen LogP contribution < -0.4 is 10.0 Å². The minimum atomic E-state index is -3.88. The van der Waals surface area contributed by atoms with Crippen LogP contribution in [0.3, 0.4) is 0 Å². The summed E-state index contributed by atoms with van der Waals surface area (Å²) in [6.07, 6.45) is 0.221. The standard InChI is InChI=1S/C21H18Br2N2O3S/c22-16-6-10-18(11-7-16)24-21(26)20(14-15-4-2-1-3-5-15)25-29(27,28)19-12-8-17(23)9-13-19/h1-13,20,25H,14H2,(H,24,26). The Balaban J connectivity index is 1.84. The van der Waals surface area contributed by atoms with Gasteiger partial charge in [0, 0.05) is 14.6 Å². The van der Waals surface area contributed by atoms with Gasteiger partial charge in [-0.05, 0) is 60.5 Å². The van der Waals surface area contributed by atoms with Crippen molar-refractivity contribution in [1.82, 2.24) is 4.72 Å². The van der Waals surface area contributed by atoms with E-state index < -0.39 is 22.0 Å². The first-order valence-corrected chi connectivity index (χ1v) is 11.8. The summed E-state index contributed by atoms with van der Waals surface area (Å²) < 4.78 is 29.9. The molecule has 1 atom stereocenters. The maximum atomic E-state index is 12.9. The van der Waals surface area contributed by atoms with Crippen LogP contribution in [-0.2, 0) is 21.2 Å². The van der Waals surface area contributed by atoms with Crippen LogP contribution in [0.2, 0.25) is 0 Å². The molecule has 5 nitrogen and oxygen atoms in total. The summed E-state index contributed by atoms with van der Waals surface area (Å²) in [7, 11) is -3.88. The average molecular weight is 538 g/mol. The van der Waals surface area contributed by atoms with Crippen molar-refractivity contribution in [2.24, 2.45) is 0 Å². The van der Waals surface area contributed by atoms with Gasteiger partial charge in [0.15, 0.2) is 0 Å². The highest BCUT2D eigenvalue weighted by atomic mass is 79.9. The van der Waals surface area contributed by atoms with E-state index in [2.05, 4.69) is 41.9 Å². The second kappa shape index (κ2) is 9.67. The Bertz CT molecular complexity index is 1070. The number of carbonyl (C=O) groups is 1. The maximum Gasteiger partial charge on any atom is 0.242 e. The third kappa shape index (κ3) is 6.24. The van der Waals surface area contributed by atoms with Crippen molar-refractivity contribution in [1.29, 1.82) is 0 Å². The molecule has 0 saturated heterocycles. The second-order valence-electron chi connectivity index (χ2n) is 6.31. The smallest absolute Gasteiger partial charge is 0.242 e. The van der Waals surface area contributed by atoms with E-state index in [1.54, 1.807) is 36.4 Å². The zero-order valence-corrected chi connectivity index (χ0v) is 19.2. The molecular weight excluding hydrogens is 520 g/mol. The van der Waals surface area contributed by atoms with Crippen LogP contribution in [0.1, 0.15) is 5.56 Å². The van der Waals surface area contributed by atoms with Crippen LogP contribution in [0.25, 0.3) is 0 Å². The van der Waals surface area contributed by atoms with Crippen molar-refractivity contribution in [2.45, 2.75) is 17.4 Å². The molecular formula is C21H18Br2N2O3S. The van der Waals surface area contributed by atoms with E-state index in [0.29, 0.717) is 5.69 Å². The molecule has 2 N–H and O–H groups in total. The first-order chi connectivity index (χ1) is 13.8. The van der Waals surface area contributed by atoms with Gasteiger partial charge in [0.1, 0.15) is 6.04 Å². The fourth-order valence-corrected chi connectivity index (χ4v) is 4.39. The maximum absolute atomic E-state index is 12.9. The second-order valence-corrected chi connectivity index (χ2v) is 9.86. The molecule has 0 aliphatic carbocycles. The van der Waals surface area contributed by atoms with E-state index in [1.807, 2.05) is 30.3 Å². The first kappa shape index (κ1) is 21.7. The van der Waals surface area contributed by atoms with E-state index in [4.69, 9.17) is 0 Å². The van der Waals surface area contributed by atoms with E-state index in [0.717, 1.165) is 14.5 Å². The Hall–Kier alpha value is -2.00. The molecule has 0 spiro atoms. The Kier molecular flexibility index (Phi) is 7.23. The highest BCUT2D eigenvalue weighted by Crippen LogP contribution is 2.17. The lowest BCUT2D eigenvalue weighted by atomic mass is 10.1. The number of halogens is 2. The van der Waals surface area contributed by atoms with Crippen LogP contribution in [0.4, 0.5) is 5.69 Å². The number of hydrogen-bond acceptors (Lipinski definition) is 3. The molecule has 0 fully saturated rings. The zero-order valence-electron chi connectivity index (χ0n) is 15.2. The predicted molar refractivity (Wildman–Crippen MR) is 121 cm³/mol. The van der Waals surface area contributed by atoms with Crippen LogP contribution in [0.5, 0.6) is 0 Å². The van der Waals surface area contributed by atoms with Gasteiger partial charge in [0.2, 0.25) is 15.9 Å². The molecule has 0 heterocycles. The number of sulfonamides is 1. The van der Waals surface area contributed by atoms with Crippen molar-refractivity contribution < 1.29 is 13.2 Å². The molecule has 0 saturated carbocycles. The van der Waals surface area contributed by atoms with Gasteiger partial charge < -0.3 is 5.32 Å². The van der Waals surface area contributed by atoms with E-state index in [-0.39, 0.29) is 11.3 Å². The summed E-state index contributed by atoms with van der Waals surface area (Å²) in [5.74, 6) is -0.433. The fourth-order valence-electron chi connectivity index (χ4n) is 2.67. The molecule has 1 amide bonds. The number of nitrogens with one attached hydrogen (secondary N) is 2. The Morgan fingerprint density at radius 2 is 1.38 bits per heavy atom. The summed E-state index contributed by atoms with van der Waals surface area (Å²) in [5.41, 5.74) is 1.43. The molecule has 3 aromatic carbocycles. The average Bonchev–Trinajstić information content (AvgIpc) is 2.70. The van der Waals surface area contributed by atoms with Gasteiger partial charge in [-0.1, -0.05) is 62.2 Å². The van der Waals surface area contributed by atoms with Crippen LogP contribution >= 0.6 is 31.9 Å². The quantitative estimate of drug-likeness (QED) is 0.457. The molecule has 8 heteroatoms. The zero-order chi connectivity index (χ0) is 20.9. The molecule has 0 aliphatic rings. The summed E-state index contributed by atoms with van der Waals surface area (Å²) >= 11 is 6.64. The molecule has 0 radical (unpaired) electrons. The van der Waals surface area contributed by atoms with Crippen molar-refractivity contribution in [2.75, 3.05) is 5.32 Å². The summed E-state index contributed by atoms with van der Waals surface area (Å²) in [4.78, 5) is 13.0. The summed E-state index contributed by atoms with van der Waals surface area (Å²) in [6, 6.07) is 21.6. The Labute approximate surface area is 186 Å². The molecule has 0 aromatic heterocycles. The number of amides is 1. The van der Waals surface area contributed by atoms with Gasteiger partial charge in [-0.2, -0.15) is 4.72 Å². The van der Waals surface area contributed by atoms with Crippen molar-refractivity contribution in [3.8, 4) is 0 Å². The number of anilines is 1. The third-order valence-electron chi connectivity index (χ3n) is 4.13. The lowest BCUT2D eigenvalue weighted by molar-refractivity contribution is -0.117. The fraction of sp³-hybridized carbons (Fsp3) is 0.0952. The van der Waals surface area contributed by atoms with Gasteiger partial charge in [0.05, 0.1) is 4.90 Å². The number of benzene rings is 3. The minimum Gasteiger partial charge on any atom is -0.325 e. The SMILES string of the molecule is O=C(Nc1ccc(Br)cc1)C(Cc1ccccc1)NS(=O)(=O)c1ccc(Br)cc1. The lowest BCUT2D eigenvalue weighted by Crippen LogP contribution is -2.45. The van der Waals surface area contributed by atoms with Gasteiger partial charge in [-0.3, -0.25) is 4.79 Å². The molecule has 1 unspecified atom stereocenters. The van der Waals surface area contributed by atoms with Crippen LogP contribution in [0.15, 0.2) is 92.7 Å². The van der Waals surface area contributed by atoms with Gasteiger partial charge >= 0.3 is 0 Å². The number of carbonyl (C=O) groups excluding carboxylic acids is 1. The summed E-state index contributed by atoms with van der Waals surface area (Å²) in [6.45, 7) is 0. The molecule has 3 aromatic rings. The van der Waals surface area contributed by atoms with Gasteiger partial charge in [0.25, 0.3) is 0 Å². The number of rotatable bonds is 7. The van der Waals surface area contributed by atoms with Crippen molar-refractivity contribution in [3.63, 3.8) is 0 Å². The highest BCUT2D eigenvalue weighted by Gasteiger charge is 2.26. The number of hydrogen-bond donors (Lipinski definition) is 2. The third-order valence-corrected chi connectivity index (χ3v) is 6.68. The van der Waals surface area contributed by atoms with Crippen LogP contribution in [0, 0.1) is 0 Å². The van der Waals surface area contributed by atoms with E-state index in [9.17, 15) is 13.2 Å². The highest BCUT2D eigenvalue weighted by molar-refractivity contribution is 9.10. The minimum absolute atomic E-state index is 0.0928. The lowest BCUT2D eigenvalue weighted by Gasteiger charge is -2.19. The Morgan fingerprint density at radius 1 is 0.828 bits per heavy atom. The van der Waals surface area contributed by atoms with Crippen molar-refractivity contribution in [3.05, 3.63) is 93.4 Å². The molecule has 150 valence electrons. The Morgan fingerprint density at radius 3 is 1.97 bits per heavy atom. The topological polar surface area (TPSA) is 75.3 Å². The normalized spacial score (nSPS) is 12.3. The van der Waals surface area contributed by atoms with Gasteiger partial charge in [-0.25, -0.2) is 8.42 Å². The van der Waals surface area contributed by atoms with E-state index in [1.165, 1.54) is 12.1 Å². The predicted octanol–water partition coefficient (Wildman–Crippen LogP) is 4.74. The molecule has 0 bridgehead atoms. The molecule has 3 rings (SSSR count). The first-order valence-electron chi connectivity index (χ1n) is 8.72. The monoisotopic (exact) mass is 536 g/mol. The van der Waals surface area contributed by atoms with Crippen molar-refractivity contribution >= 4 is 53.5 Å².